The quantitative estimate of drug-likeness (QED) is 0.153. The molecule has 0 saturated carbocycles. The van der Waals surface area contributed by atoms with E-state index in [1.54, 1.807) is 44.2 Å². The average molecular weight is 675 g/mol. The Morgan fingerprint density at radius 3 is 2.40 bits per heavy atom. The van der Waals surface area contributed by atoms with E-state index in [0.29, 0.717) is 27.8 Å². The zero-order valence-corrected chi connectivity index (χ0v) is 28.6. The molecule has 3 aromatic heterocycles. The summed E-state index contributed by atoms with van der Waals surface area (Å²) >= 11 is 1.71. The lowest BCUT2D eigenvalue weighted by molar-refractivity contribution is -0.753. The summed E-state index contributed by atoms with van der Waals surface area (Å²) in [4.78, 5) is 41.4. The average Bonchev–Trinajstić information content (AvgIpc) is 3.74. The van der Waals surface area contributed by atoms with E-state index in [9.17, 15) is 18.8 Å². The molecule has 0 fully saturated rings. The van der Waals surface area contributed by atoms with Gasteiger partial charge in [0.25, 0.3) is 0 Å². The molecule has 1 amide bonds. The van der Waals surface area contributed by atoms with Gasteiger partial charge in [-0.1, -0.05) is 24.3 Å². The molecule has 11 heteroatoms. The molecule has 1 aliphatic rings. The maximum Gasteiger partial charge on any atom is 0.328 e. The fourth-order valence-electron chi connectivity index (χ4n) is 5.58. The summed E-state index contributed by atoms with van der Waals surface area (Å²) in [6.07, 6.45) is 6.93. The van der Waals surface area contributed by atoms with E-state index >= 15 is 0 Å². The number of hydrogen-bond donors (Lipinski definition) is 0. The molecule has 2 aromatic carbocycles. The second-order valence-electron chi connectivity index (χ2n) is 12.7. The van der Waals surface area contributed by atoms with Gasteiger partial charge in [-0.25, -0.2) is 9.18 Å². The van der Waals surface area contributed by atoms with Gasteiger partial charge in [-0.3, -0.25) is 14.2 Å². The van der Waals surface area contributed by atoms with Crippen LogP contribution in [0.15, 0.2) is 85.5 Å². The highest BCUT2D eigenvalue weighted by Crippen LogP contribution is 2.43. The van der Waals surface area contributed by atoms with E-state index in [2.05, 4.69) is 4.57 Å². The number of hydrogen-bond acceptors (Lipinski definition) is 5. The minimum Gasteiger partial charge on any atom is -1.00 e. The lowest BCUT2D eigenvalue weighted by Crippen LogP contribution is -3.00. The van der Waals surface area contributed by atoms with Gasteiger partial charge in [-0.2, -0.15) is 4.57 Å². The summed E-state index contributed by atoms with van der Waals surface area (Å²) in [5.41, 5.74) is 4.56. The van der Waals surface area contributed by atoms with Crippen molar-refractivity contribution in [2.75, 3.05) is 14.1 Å². The Kier molecular flexibility index (Phi) is 9.39. The summed E-state index contributed by atoms with van der Waals surface area (Å²) in [7, 11) is 3.33. The largest absolute Gasteiger partial charge is 1.00 e. The van der Waals surface area contributed by atoms with E-state index in [1.807, 2.05) is 87.3 Å². The number of fused-ring (bicyclic) bond motifs is 2. The molecular weight excluding hydrogens is 639 g/mol. The fraction of sp³-hybridized carbons (Fsp3) is 0.278. The number of benzene rings is 2. The minimum atomic E-state index is -0.604. The van der Waals surface area contributed by atoms with Crippen molar-refractivity contribution in [3.8, 4) is 11.1 Å². The van der Waals surface area contributed by atoms with Gasteiger partial charge in [-0.05, 0) is 62.2 Å². The molecule has 8 nitrogen and oxygen atoms in total. The van der Waals surface area contributed by atoms with Crippen LogP contribution in [0.4, 0.5) is 9.18 Å². The highest BCUT2D eigenvalue weighted by molar-refractivity contribution is 7.99. The van der Waals surface area contributed by atoms with Crippen molar-refractivity contribution in [3.05, 3.63) is 114 Å². The molecule has 1 aliphatic heterocycles. The Bertz CT molecular complexity index is 1990. The number of pyridine rings is 1. The van der Waals surface area contributed by atoms with E-state index in [0.717, 1.165) is 22.4 Å². The van der Waals surface area contributed by atoms with Crippen LogP contribution in [-0.2, 0) is 15.3 Å². The topological polar surface area (TPSA) is 77.4 Å². The summed E-state index contributed by atoms with van der Waals surface area (Å²) in [5, 5.41) is 0.598. The molecular formula is C36H36ClFN4O4S. The monoisotopic (exact) mass is 674 g/mol. The molecule has 1 unspecified atom stereocenters. The van der Waals surface area contributed by atoms with Crippen molar-refractivity contribution in [3.63, 3.8) is 0 Å². The van der Waals surface area contributed by atoms with Crippen LogP contribution in [0.25, 0.3) is 22.0 Å². The van der Waals surface area contributed by atoms with Gasteiger partial charge in [0.15, 0.2) is 18.2 Å². The highest BCUT2D eigenvalue weighted by atomic mass is 35.5. The lowest BCUT2D eigenvalue weighted by Gasteiger charge is -2.18. The van der Waals surface area contributed by atoms with E-state index in [4.69, 9.17) is 4.74 Å². The first kappa shape index (κ1) is 33.9. The van der Waals surface area contributed by atoms with Crippen LogP contribution < -0.4 is 17.0 Å². The highest BCUT2D eigenvalue weighted by Gasteiger charge is 2.33. The SMILES string of the molecule is CC(OC(=O)C(C)(C)C)[n+]1cccc([C@H]2SCc3c(C(=O)c4cn(C(=O)N(C)C)c5cc(-c6ccc(F)cc6)ccc45)ccn32)c1.[Cl-]. The number of carbonyl (C=O) groups excluding carboxylic acids is 3. The van der Waals surface area contributed by atoms with E-state index < -0.39 is 11.6 Å². The number of halogens is 2. The second-order valence-corrected chi connectivity index (χ2v) is 13.8. The normalized spacial score (nSPS) is 14.7. The molecule has 0 spiro atoms. The number of thioether (sulfide) groups is 1. The molecule has 0 N–H and O–H groups in total. The molecule has 5 aromatic rings. The third kappa shape index (κ3) is 6.44. The molecule has 47 heavy (non-hydrogen) atoms. The summed E-state index contributed by atoms with van der Waals surface area (Å²) in [5.74, 6) is -0.131. The smallest absolute Gasteiger partial charge is 0.328 e. The number of esters is 1. The second kappa shape index (κ2) is 13.0. The van der Waals surface area contributed by atoms with Crippen LogP contribution in [0, 0.1) is 11.2 Å². The molecule has 4 heterocycles. The van der Waals surface area contributed by atoms with Gasteiger partial charge in [0, 0.05) is 73.0 Å². The number of carbonyl (C=O) groups is 3. The lowest BCUT2D eigenvalue weighted by atomic mass is 9.97. The molecule has 0 saturated heterocycles. The van der Waals surface area contributed by atoms with Crippen LogP contribution in [0.5, 0.6) is 0 Å². The maximum absolute atomic E-state index is 14.2. The van der Waals surface area contributed by atoms with Crippen LogP contribution in [0.1, 0.15) is 66.5 Å². The number of amides is 1. The van der Waals surface area contributed by atoms with Crippen molar-refractivity contribution < 1.29 is 40.5 Å². The van der Waals surface area contributed by atoms with Crippen molar-refractivity contribution in [1.29, 1.82) is 0 Å². The third-order valence-corrected chi connectivity index (χ3v) is 9.41. The molecule has 0 radical (unpaired) electrons. The van der Waals surface area contributed by atoms with Crippen molar-refractivity contribution in [2.24, 2.45) is 5.41 Å². The van der Waals surface area contributed by atoms with Crippen LogP contribution in [-0.4, -0.2) is 45.9 Å². The maximum atomic E-state index is 14.2. The Hall–Kier alpha value is -4.41. The van der Waals surface area contributed by atoms with Crippen LogP contribution >= 0.6 is 11.8 Å². The van der Waals surface area contributed by atoms with Gasteiger partial charge < -0.3 is 26.6 Å². The summed E-state index contributed by atoms with van der Waals surface area (Å²) in [6, 6.07) is 17.3. The number of ether oxygens (including phenoxy) is 1. The van der Waals surface area contributed by atoms with E-state index in [-0.39, 0.29) is 41.4 Å². The first-order chi connectivity index (χ1) is 21.8. The number of aromatic nitrogens is 3. The zero-order chi connectivity index (χ0) is 32.9. The van der Waals surface area contributed by atoms with Crippen LogP contribution in [0.2, 0.25) is 0 Å². The van der Waals surface area contributed by atoms with Gasteiger partial charge in [-0.15, -0.1) is 11.8 Å². The molecule has 6 rings (SSSR count). The molecule has 244 valence electrons. The summed E-state index contributed by atoms with van der Waals surface area (Å²) in [6.45, 7) is 7.32. The number of rotatable bonds is 6. The van der Waals surface area contributed by atoms with Gasteiger partial charge in [0.1, 0.15) is 11.2 Å². The van der Waals surface area contributed by atoms with Crippen molar-refractivity contribution in [1.82, 2.24) is 14.0 Å². The Morgan fingerprint density at radius 1 is 1.02 bits per heavy atom. The fourth-order valence-corrected chi connectivity index (χ4v) is 6.89. The standard InChI is InChI=1S/C36H36FN4O4S.ClH/c1-22(45-34(43)36(2,3)4)39-16-7-8-25(19-39)33-40-17-15-28(31(40)21-46-33)32(42)29-20-41(35(44)38(5)6)30-18-24(11-14-27(29)30)23-9-12-26(37)13-10-23;/h7-20,22,33H,21H2,1-6H3;1H/q+1;/p-1/t22?,33-;/m1./s1. The minimum absolute atomic E-state index is 0. The van der Waals surface area contributed by atoms with Gasteiger partial charge >= 0.3 is 18.2 Å². The van der Waals surface area contributed by atoms with E-state index in [1.165, 1.54) is 21.6 Å². The summed E-state index contributed by atoms with van der Waals surface area (Å²) < 4.78 is 24.8. The Balaban J connectivity index is 0.00000433. The van der Waals surface area contributed by atoms with Crippen molar-refractivity contribution >= 4 is 40.4 Å². The molecule has 2 atom stereocenters. The van der Waals surface area contributed by atoms with Gasteiger partial charge in [0.2, 0.25) is 0 Å². The van der Waals surface area contributed by atoms with Crippen molar-refractivity contribution in [2.45, 2.75) is 45.0 Å². The predicted molar refractivity (Wildman–Crippen MR) is 176 cm³/mol. The number of nitrogens with zero attached hydrogens (tertiary/aromatic N) is 4. The molecule has 0 aliphatic carbocycles. The van der Waals surface area contributed by atoms with Crippen LogP contribution in [0.3, 0.4) is 0 Å². The number of ketones is 1. The first-order valence-corrected chi connectivity index (χ1v) is 16.1. The molecule has 0 bridgehead atoms. The van der Waals surface area contributed by atoms with Gasteiger partial charge in [0.05, 0.1) is 10.9 Å². The first-order valence-electron chi connectivity index (χ1n) is 15.0. The Labute approximate surface area is 283 Å². The zero-order valence-electron chi connectivity index (χ0n) is 27.0. The Morgan fingerprint density at radius 2 is 1.72 bits per heavy atom. The third-order valence-electron chi connectivity index (χ3n) is 8.16. The predicted octanol–water partition coefficient (Wildman–Crippen LogP) is 4.20.